The molecule has 1 heterocycles. The molecule has 3 aromatic rings. The predicted octanol–water partition coefficient (Wildman–Crippen LogP) is 5.90. The number of aromatic nitrogens is 1. The summed E-state index contributed by atoms with van der Waals surface area (Å²) in [5, 5.41) is 3.94. The summed E-state index contributed by atoms with van der Waals surface area (Å²) < 4.78 is 13.8. The highest BCUT2D eigenvalue weighted by Gasteiger charge is 2.42. The van der Waals surface area contributed by atoms with Crippen LogP contribution in [-0.4, -0.2) is 10.9 Å². The van der Waals surface area contributed by atoms with Crippen LogP contribution in [0.5, 0.6) is 0 Å². The zero-order chi connectivity index (χ0) is 21.4. The van der Waals surface area contributed by atoms with Gasteiger partial charge in [0, 0.05) is 29.3 Å². The summed E-state index contributed by atoms with van der Waals surface area (Å²) in [5.41, 5.74) is 3.68. The van der Waals surface area contributed by atoms with Crippen LogP contribution in [0.15, 0.2) is 54.7 Å². The number of terminal acetylenes is 1. The number of nitrogens with zero attached hydrogens (tertiary/aromatic N) is 1. The Balaban J connectivity index is 1.20. The standard InChI is InChI=1S/C27H25FN2O/c1-2-17-3-6-23(7-4-17)30-27(31)13-18-11-19-14-21(15-20(19)12-18)24-9-10-29-26-8-5-22(28)16-25(24)26/h1,3-10,16,18-21H,11-15H2,(H,30,31)/t18-,19+,20-,21-. The van der Waals surface area contributed by atoms with Gasteiger partial charge in [0.2, 0.25) is 5.91 Å². The first-order chi connectivity index (χ1) is 15.1. The number of carbonyl (C=O) groups excluding carboxylic acids is 1. The Bertz CT molecular complexity index is 1150. The molecule has 1 N–H and O–H groups in total. The van der Waals surface area contributed by atoms with Crippen LogP contribution in [0.1, 0.15) is 49.1 Å². The fourth-order valence-electron chi connectivity index (χ4n) is 5.78. The van der Waals surface area contributed by atoms with Crippen LogP contribution in [0.25, 0.3) is 10.9 Å². The first-order valence-corrected chi connectivity index (χ1v) is 11.0. The van der Waals surface area contributed by atoms with E-state index in [0.717, 1.165) is 47.8 Å². The summed E-state index contributed by atoms with van der Waals surface area (Å²) >= 11 is 0. The van der Waals surface area contributed by atoms with Crippen LogP contribution in [0.4, 0.5) is 10.1 Å². The Morgan fingerprint density at radius 2 is 1.81 bits per heavy atom. The van der Waals surface area contributed by atoms with E-state index in [1.54, 1.807) is 12.1 Å². The van der Waals surface area contributed by atoms with Gasteiger partial charge < -0.3 is 5.32 Å². The van der Waals surface area contributed by atoms with Gasteiger partial charge in [-0.15, -0.1) is 6.42 Å². The Hall–Kier alpha value is -3.19. The third kappa shape index (κ3) is 4.05. The fraction of sp³-hybridized carbons (Fsp3) is 0.333. The van der Waals surface area contributed by atoms with Crippen LogP contribution in [0.3, 0.4) is 0 Å². The lowest BCUT2D eigenvalue weighted by Gasteiger charge is -2.17. The predicted molar refractivity (Wildman–Crippen MR) is 121 cm³/mol. The van der Waals surface area contributed by atoms with Gasteiger partial charge in [-0.25, -0.2) is 4.39 Å². The second-order valence-corrected chi connectivity index (χ2v) is 9.06. The average Bonchev–Trinajstić information content (AvgIpc) is 3.32. The molecule has 2 saturated carbocycles. The van der Waals surface area contributed by atoms with Gasteiger partial charge in [-0.2, -0.15) is 0 Å². The van der Waals surface area contributed by atoms with Gasteiger partial charge in [0.05, 0.1) is 5.52 Å². The van der Waals surface area contributed by atoms with Gasteiger partial charge in [-0.1, -0.05) is 5.92 Å². The van der Waals surface area contributed by atoms with Gasteiger partial charge in [-0.05, 0) is 103 Å². The van der Waals surface area contributed by atoms with Crippen LogP contribution in [0.2, 0.25) is 0 Å². The van der Waals surface area contributed by atoms with E-state index in [1.165, 1.54) is 11.6 Å². The highest BCUT2D eigenvalue weighted by molar-refractivity contribution is 5.91. The summed E-state index contributed by atoms with van der Waals surface area (Å²) in [7, 11) is 0. The monoisotopic (exact) mass is 412 g/mol. The molecular formula is C27H25FN2O. The number of hydrogen-bond acceptors (Lipinski definition) is 2. The minimum absolute atomic E-state index is 0.0746. The second kappa shape index (κ2) is 8.15. The van der Waals surface area contributed by atoms with E-state index in [4.69, 9.17) is 6.42 Å². The maximum Gasteiger partial charge on any atom is 0.224 e. The van der Waals surface area contributed by atoms with E-state index in [1.807, 2.05) is 30.5 Å². The van der Waals surface area contributed by atoms with Crippen LogP contribution in [-0.2, 0) is 4.79 Å². The number of anilines is 1. The van der Waals surface area contributed by atoms with Crippen LogP contribution < -0.4 is 5.32 Å². The number of halogens is 1. The molecular weight excluding hydrogens is 387 g/mol. The number of nitrogens with one attached hydrogen (secondary N) is 1. The molecule has 5 rings (SSSR count). The lowest BCUT2D eigenvalue weighted by molar-refractivity contribution is -0.117. The van der Waals surface area contributed by atoms with E-state index in [9.17, 15) is 9.18 Å². The fourth-order valence-corrected chi connectivity index (χ4v) is 5.78. The largest absolute Gasteiger partial charge is 0.326 e. The van der Waals surface area contributed by atoms with Gasteiger partial charge in [0.1, 0.15) is 5.82 Å². The number of rotatable bonds is 4. The summed E-state index contributed by atoms with van der Waals surface area (Å²) in [6.45, 7) is 0. The van der Waals surface area contributed by atoms with Crippen LogP contribution >= 0.6 is 0 Å². The van der Waals surface area contributed by atoms with Crippen molar-refractivity contribution in [1.29, 1.82) is 0 Å². The van der Waals surface area contributed by atoms with Gasteiger partial charge in [0.25, 0.3) is 0 Å². The third-order valence-corrected chi connectivity index (χ3v) is 7.10. The highest BCUT2D eigenvalue weighted by atomic mass is 19.1. The molecule has 4 heteroatoms. The minimum Gasteiger partial charge on any atom is -0.326 e. The Morgan fingerprint density at radius 1 is 1.06 bits per heavy atom. The van der Waals surface area contributed by atoms with E-state index in [0.29, 0.717) is 30.1 Å². The van der Waals surface area contributed by atoms with E-state index < -0.39 is 0 Å². The van der Waals surface area contributed by atoms with Crippen molar-refractivity contribution in [3.05, 3.63) is 71.7 Å². The molecule has 2 aromatic carbocycles. The smallest absolute Gasteiger partial charge is 0.224 e. The summed E-state index contributed by atoms with van der Waals surface area (Å²) in [6, 6.07) is 14.3. The molecule has 3 nitrogen and oxygen atoms in total. The second-order valence-electron chi connectivity index (χ2n) is 9.06. The molecule has 0 aliphatic heterocycles. The number of fused-ring (bicyclic) bond motifs is 2. The Morgan fingerprint density at radius 3 is 2.52 bits per heavy atom. The van der Waals surface area contributed by atoms with Gasteiger partial charge in [-0.3, -0.25) is 9.78 Å². The average molecular weight is 413 g/mol. The van der Waals surface area contributed by atoms with E-state index in [-0.39, 0.29) is 11.7 Å². The lowest BCUT2D eigenvalue weighted by Crippen LogP contribution is -2.15. The normalized spacial score (nSPS) is 24.6. The molecule has 1 amide bonds. The van der Waals surface area contributed by atoms with Crippen molar-refractivity contribution in [2.75, 3.05) is 5.32 Å². The van der Waals surface area contributed by atoms with Crippen molar-refractivity contribution >= 4 is 22.5 Å². The molecule has 1 aromatic heterocycles. The zero-order valence-corrected chi connectivity index (χ0v) is 17.4. The molecule has 0 radical (unpaired) electrons. The molecule has 2 aliphatic carbocycles. The summed E-state index contributed by atoms with van der Waals surface area (Å²) in [5.74, 6) is 4.63. The lowest BCUT2D eigenvalue weighted by atomic mass is 9.89. The molecule has 2 aliphatic rings. The topological polar surface area (TPSA) is 42.0 Å². The molecule has 0 saturated heterocycles. The molecule has 2 fully saturated rings. The van der Waals surface area contributed by atoms with Gasteiger partial charge >= 0.3 is 0 Å². The zero-order valence-electron chi connectivity index (χ0n) is 17.4. The maximum atomic E-state index is 13.8. The molecule has 156 valence electrons. The molecule has 4 atom stereocenters. The van der Waals surface area contributed by atoms with Crippen molar-refractivity contribution in [2.24, 2.45) is 17.8 Å². The Labute approximate surface area is 182 Å². The van der Waals surface area contributed by atoms with Crippen molar-refractivity contribution in [3.8, 4) is 12.3 Å². The minimum atomic E-state index is -0.208. The quantitative estimate of drug-likeness (QED) is 0.542. The van der Waals surface area contributed by atoms with E-state index in [2.05, 4.69) is 22.3 Å². The summed E-state index contributed by atoms with van der Waals surface area (Å²) in [6.07, 6.45) is 12.2. The van der Waals surface area contributed by atoms with Crippen molar-refractivity contribution in [1.82, 2.24) is 4.98 Å². The molecule has 31 heavy (non-hydrogen) atoms. The van der Waals surface area contributed by atoms with E-state index >= 15 is 0 Å². The molecule has 0 unspecified atom stereocenters. The number of pyridine rings is 1. The third-order valence-electron chi connectivity index (χ3n) is 7.10. The SMILES string of the molecule is C#Cc1ccc(NC(=O)C[C@H]2C[C@@H]3C[C@H](c4ccnc5ccc(F)cc45)C[C@@H]3C2)cc1. The first kappa shape index (κ1) is 19.8. The Kier molecular flexibility index (Phi) is 5.19. The van der Waals surface area contributed by atoms with Crippen molar-refractivity contribution < 1.29 is 9.18 Å². The number of hydrogen-bond donors (Lipinski definition) is 1. The first-order valence-electron chi connectivity index (χ1n) is 11.0. The van der Waals surface area contributed by atoms with Crippen molar-refractivity contribution in [2.45, 2.75) is 38.0 Å². The number of carbonyl (C=O) groups is 1. The highest BCUT2D eigenvalue weighted by Crippen LogP contribution is 2.53. The molecule has 0 spiro atoms. The number of benzene rings is 2. The molecule has 0 bridgehead atoms. The summed E-state index contributed by atoms with van der Waals surface area (Å²) in [4.78, 5) is 16.9. The van der Waals surface area contributed by atoms with Gasteiger partial charge in [0.15, 0.2) is 0 Å². The maximum absolute atomic E-state index is 13.8. The number of amides is 1. The van der Waals surface area contributed by atoms with Crippen molar-refractivity contribution in [3.63, 3.8) is 0 Å². The van der Waals surface area contributed by atoms with Crippen LogP contribution in [0, 0.1) is 35.9 Å².